The molecule has 3 aromatic rings. The minimum Gasteiger partial charge on any atom is -0.363 e. The number of hydrogen-bond donors (Lipinski definition) is 2. The summed E-state index contributed by atoms with van der Waals surface area (Å²) in [4.78, 5) is 13.0. The topological polar surface area (TPSA) is 59.0 Å². The zero-order chi connectivity index (χ0) is 22.3. The summed E-state index contributed by atoms with van der Waals surface area (Å²) in [7, 11) is 0. The van der Waals surface area contributed by atoms with Crippen molar-refractivity contribution in [2.75, 3.05) is 10.6 Å². The Morgan fingerprint density at radius 2 is 1.84 bits per heavy atom. The van der Waals surface area contributed by atoms with Crippen molar-refractivity contribution in [3.8, 4) is 0 Å². The molecule has 2 N–H and O–H groups in total. The second-order valence-corrected chi connectivity index (χ2v) is 7.95. The third-order valence-corrected chi connectivity index (χ3v) is 5.82. The van der Waals surface area contributed by atoms with E-state index in [9.17, 15) is 18.0 Å². The van der Waals surface area contributed by atoms with E-state index in [1.807, 2.05) is 57.2 Å². The Morgan fingerprint density at radius 3 is 2.52 bits per heavy atom. The van der Waals surface area contributed by atoms with Gasteiger partial charge in [-0.05, 0) is 43.5 Å². The van der Waals surface area contributed by atoms with Crippen molar-refractivity contribution in [3.05, 3.63) is 76.5 Å². The first-order chi connectivity index (χ1) is 14.6. The fourth-order valence-electron chi connectivity index (χ4n) is 3.82. The molecule has 2 heterocycles. The van der Waals surface area contributed by atoms with E-state index in [-0.39, 0.29) is 17.8 Å². The van der Waals surface area contributed by atoms with Crippen molar-refractivity contribution in [2.45, 2.75) is 45.5 Å². The van der Waals surface area contributed by atoms with Crippen molar-refractivity contribution in [1.29, 1.82) is 0 Å². The van der Waals surface area contributed by atoms with Gasteiger partial charge in [-0.3, -0.25) is 4.79 Å². The highest BCUT2D eigenvalue weighted by Gasteiger charge is 2.47. The maximum Gasteiger partial charge on any atom is 0.410 e. The number of nitrogens with zero attached hydrogens (tertiary/aromatic N) is 2. The third kappa shape index (κ3) is 4.02. The van der Waals surface area contributed by atoms with Gasteiger partial charge in [0.05, 0.1) is 12.2 Å². The van der Waals surface area contributed by atoms with E-state index in [1.165, 1.54) is 6.20 Å². The van der Waals surface area contributed by atoms with E-state index in [0.717, 1.165) is 26.9 Å². The van der Waals surface area contributed by atoms with Gasteiger partial charge in [-0.25, -0.2) is 4.68 Å². The number of amides is 1. The molecular weight excluding hydrogens is 405 g/mol. The predicted molar refractivity (Wildman–Crippen MR) is 113 cm³/mol. The highest BCUT2D eigenvalue weighted by molar-refractivity contribution is 6.08. The van der Waals surface area contributed by atoms with Crippen molar-refractivity contribution in [3.63, 3.8) is 0 Å². The molecule has 0 radical (unpaired) electrons. The van der Waals surface area contributed by atoms with Crippen LogP contribution in [0.2, 0.25) is 0 Å². The van der Waals surface area contributed by atoms with E-state index < -0.39 is 24.2 Å². The number of alkyl halides is 3. The van der Waals surface area contributed by atoms with Crippen molar-refractivity contribution < 1.29 is 18.0 Å². The monoisotopic (exact) mass is 428 g/mol. The number of aryl methyl sites for hydroxylation is 2. The molecule has 2 aromatic carbocycles. The van der Waals surface area contributed by atoms with Crippen LogP contribution in [0.15, 0.2) is 48.7 Å². The second kappa shape index (κ2) is 7.76. The molecule has 1 amide bonds. The van der Waals surface area contributed by atoms with E-state index in [1.54, 1.807) is 6.07 Å². The van der Waals surface area contributed by atoms with Crippen LogP contribution in [0.4, 0.5) is 24.7 Å². The Kier molecular flexibility index (Phi) is 5.24. The van der Waals surface area contributed by atoms with Crippen LogP contribution >= 0.6 is 0 Å². The third-order valence-electron chi connectivity index (χ3n) is 5.82. The van der Waals surface area contributed by atoms with Gasteiger partial charge >= 0.3 is 6.18 Å². The number of benzene rings is 2. The lowest BCUT2D eigenvalue weighted by molar-refractivity contribution is -0.173. The summed E-state index contributed by atoms with van der Waals surface area (Å²) in [6.45, 7) is 5.72. The standard InChI is InChI=1S/C23H23F3N4O/c1-13-7-9-16(10-8-13)19-11-20(23(24,25)26)30-21(28-19)17(12-27-30)22(31)29-18-6-4-5-14(2)15(18)3/h4-10,12,19-20,28H,11H2,1-3H3,(H,29,31). The van der Waals surface area contributed by atoms with Crippen molar-refractivity contribution >= 4 is 17.4 Å². The number of carbonyl (C=O) groups excluding carboxylic acids is 1. The lowest BCUT2D eigenvalue weighted by Crippen LogP contribution is -2.36. The highest BCUT2D eigenvalue weighted by Crippen LogP contribution is 2.44. The maximum absolute atomic E-state index is 13.8. The van der Waals surface area contributed by atoms with Crippen LogP contribution in [0.25, 0.3) is 0 Å². The minimum absolute atomic E-state index is 0.0713. The first-order valence-electron chi connectivity index (χ1n) is 10.00. The SMILES string of the molecule is Cc1ccc(C2CC(C(F)(F)F)n3ncc(C(=O)Nc4cccc(C)c4C)c3N2)cc1. The molecule has 1 aromatic heterocycles. The molecular formula is C23H23F3N4O. The fourth-order valence-corrected chi connectivity index (χ4v) is 3.82. The number of anilines is 2. The first-order valence-corrected chi connectivity index (χ1v) is 10.00. The largest absolute Gasteiger partial charge is 0.410 e. The number of carbonyl (C=O) groups is 1. The summed E-state index contributed by atoms with van der Waals surface area (Å²) in [6.07, 6.45) is -3.51. The maximum atomic E-state index is 13.8. The molecule has 0 aliphatic carbocycles. The number of aromatic nitrogens is 2. The van der Waals surface area contributed by atoms with Gasteiger partial charge in [0.1, 0.15) is 11.4 Å². The van der Waals surface area contributed by atoms with E-state index in [4.69, 9.17) is 0 Å². The van der Waals surface area contributed by atoms with Gasteiger partial charge in [-0.15, -0.1) is 0 Å². The summed E-state index contributed by atoms with van der Waals surface area (Å²) >= 11 is 0. The average molecular weight is 428 g/mol. The molecule has 0 saturated carbocycles. The van der Waals surface area contributed by atoms with Gasteiger partial charge in [-0.2, -0.15) is 18.3 Å². The summed E-state index contributed by atoms with van der Waals surface area (Å²) in [5.74, 6) is -0.435. The molecule has 0 fully saturated rings. The Bertz CT molecular complexity index is 1120. The number of fused-ring (bicyclic) bond motifs is 1. The molecule has 4 rings (SSSR count). The molecule has 5 nitrogen and oxygen atoms in total. The molecule has 1 aliphatic rings. The quantitative estimate of drug-likeness (QED) is 0.561. The summed E-state index contributed by atoms with van der Waals surface area (Å²) < 4.78 is 42.4. The lowest BCUT2D eigenvalue weighted by atomic mass is 9.96. The minimum atomic E-state index is -4.49. The molecule has 2 atom stereocenters. The van der Waals surface area contributed by atoms with Crippen molar-refractivity contribution in [2.24, 2.45) is 0 Å². The van der Waals surface area contributed by atoms with Gasteiger partial charge in [0, 0.05) is 12.1 Å². The smallest absolute Gasteiger partial charge is 0.363 e. The van der Waals surface area contributed by atoms with Gasteiger partial charge in [0.15, 0.2) is 6.04 Å². The number of hydrogen-bond acceptors (Lipinski definition) is 3. The summed E-state index contributed by atoms with van der Waals surface area (Å²) in [6, 6.07) is 10.4. The number of rotatable bonds is 3. The summed E-state index contributed by atoms with van der Waals surface area (Å²) in [5.41, 5.74) is 4.34. The zero-order valence-electron chi connectivity index (χ0n) is 17.4. The van der Waals surface area contributed by atoms with Crippen LogP contribution in [0, 0.1) is 20.8 Å². The summed E-state index contributed by atoms with van der Waals surface area (Å²) in [5, 5.41) is 9.84. The molecule has 31 heavy (non-hydrogen) atoms. The normalized spacial score (nSPS) is 18.3. The first kappa shape index (κ1) is 21.0. The van der Waals surface area contributed by atoms with Crippen LogP contribution in [0.3, 0.4) is 0 Å². The Hall–Kier alpha value is -3.29. The fraction of sp³-hybridized carbons (Fsp3) is 0.304. The lowest BCUT2D eigenvalue weighted by Gasteiger charge is -2.34. The number of halogens is 3. The molecule has 0 spiro atoms. The Morgan fingerprint density at radius 1 is 1.13 bits per heavy atom. The molecule has 2 unspecified atom stereocenters. The van der Waals surface area contributed by atoms with E-state index >= 15 is 0 Å². The zero-order valence-corrected chi connectivity index (χ0v) is 17.4. The Labute approximate surface area is 178 Å². The number of nitrogens with one attached hydrogen (secondary N) is 2. The van der Waals surface area contributed by atoms with Gasteiger partial charge in [-0.1, -0.05) is 42.0 Å². The van der Waals surface area contributed by atoms with Gasteiger partial charge in [0.2, 0.25) is 0 Å². The van der Waals surface area contributed by atoms with Crippen LogP contribution < -0.4 is 10.6 Å². The molecule has 0 saturated heterocycles. The highest BCUT2D eigenvalue weighted by atomic mass is 19.4. The second-order valence-electron chi connectivity index (χ2n) is 7.95. The molecule has 162 valence electrons. The molecule has 1 aliphatic heterocycles. The molecule has 8 heteroatoms. The predicted octanol–water partition coefficient (Wildman–Crippen LogP) is 5.72. The van der Waals surface area contributed by atoms with Gasteiger partial charge < -0.3 is 10.6 Å². The van der Waals surface area contributed by atoms with Gasteiger partial charge in [0.25, 0.3) is 5.91 Å². The van der Waals surface area contributed by atoms with E-state index in [2.05, 4.69) is 15.7 Å². The van der Waals surface area contributed by atoms with E-state index in [0.29, 0.717) is 5.69 Å². The average Bonchev–Trinajstić information content (AvgIpc) is 3.14. The van der Waals surface area contributed by atoms with Crippen LogP contribution in [-0.4, -0.2) is 21.9 Å². The van der Waals surface area contributed by atoms with Crippen LogP contribution in [0.1, 0.15) is 51.1 Å². The van der Waals surface area contributed by atoms with Crippen LogP contribution in [-0.2, 0) is 0 Å². The molecule has 0 bridgehead atoms. The Balaban J connectivity index is 1.70. The van der Waals surface area contributed by atoms with Crippen molar-refractivity contribution in [1.82, 2.24) is 9.78 Å². The van der Waals surface area contributed by atoms with Crippen LogP contribution in [0.5, 0.6) is 0 Å².